The van der Waals surface area contributed by atoms with Crippen LogP contribution in [0.3, 0.4) is 0 Å². The number of hydrogen-bond acceptors (Lipinski definition) is 4. The lowest BCUT2D eigenvalue weighted by Gasteiger charge is -2.36. The van der Waals surface area contributed by atoms with Crippen LogP contribution in [0, 0.1) is 0 Å². The van der Waals surface area contributed by atoms with Gasteiger partial charge in [-0.05, 0) is 34.5 Å². The highest BCUT2D eigenvalue weighted by Gasteiger charge is 2.24. The van der Waals surface area contributed by atoms with E-state index in [9.17, 15) is 4.79 Å². The van der Waals surface area contributed by atoms with Gasteiger partial charge in [-0.15, -0.1) is 0 Å². The van der Waals surface area contributed by atoms with E-state index in [1.54, 1.807) is 6.20 Å². The van der Waals surface area contributed by atoms with Crippen molar-refractivity contribution in [1.29, 1.82) is 0 Å². The third-order valence-electron chi connectivity index (χ3n) is 3.38. The molecule has 0 unspecified atom stereocenters. The van der Waals surface area contributed by atoms with Gasteiger partial charge in [-0.1, -0.05) is 6.92 Å². The molecule has 2 rings (SSSR count). The predicted octanol–water partition coefficient (Wildman–Crippen LogP) is 1.23. The van der Waals surface area contributed by atoms with Gasteiger partial charge in [-0.25, -0.2) is 4.98 Å². The van der Waals surface area contributed by atoms with Gasteiger partial charge in [0, 0.05) is 36.8 Å². The van der Waals surface area contributed by atoms with Crippen LogP contribution in [0.4, 0.5) is 5.82 Å². The van der Waals surface area contributed by atoms with Gasteiger partial charge in [0.25, 0.3) is 0 Å². The Hall–Kier alpha value is -1.14. The molecule has 1 aromatic rings. The Labute approximate surface area is 121 Å². The molecule has 1 aliphatic rings. The fourth-order valence-electron chi connectivity index (χ4n) is 2.12. The van der Waals surface area contributed by atoms with Crippen molar-refractivity contribution >= 4 is 27.7 Å². The maximum absolute atomic E-state index is 12.0. The number of nitrogens with two attached hydrogens (primary N) is 1. The zero-order valence-electron chi connectivity index (χ0n) is 11.1. The van der Waals surface area contributed by atoms with E-state index < -0.39 is 0 Å². The molecule has 1 fully saturated rings. The summed E-state index contributed by atoms with van der Waals surface area (Å²) in [5.41, 5.74) is 5.79. The van der Waals surface area contributed by atoms with Crippen LogP contribution in [-0.2, 0) is 4.79 Å². The minimum Gasteiger partial charge on any atom is -0.353 e. The average Bonchev–Trinajstić information content (AvgIpc) is 2.46. The lowest BCUT2D eigenvalue weighted by molar-refractivity contribution is -0.132. The lowest BCUT2D eigenvalue weighted by atomic mass is 10.2. The summed E-state index contributed by atoms with van der Waals surface area (Å²) < 4.78 is 0.971. The largest absolute Gasteiger partial charge is 0.353 e. The van der Waals surface area contributed by atoms with Crippen LogP contribution in [0.25, 0.3) is 0 Å². The molecule has 1 saturated heterocycles. The van der Waals surface area contributed by atoms with Gasteiger partial charge in [-0.2, -0.15) is 0 Å². The van der Waals surface area contributed by atoms with Crippen LogP contribution in [0.2, 0.25) is 0 Å². The van der Waals surface area contributed by atoms with Gasteiger partial charge < -0.3 is 15.5 Å². The van der Waals surface area contributed by atoms with Gasteiger partial charge in [0.15, 0.2) is 0 Å². The molecule has 0 spiro atoms. The number of hydrogen-bond donors (Lipinski definition) is 1. The molecule has 1 aliphatic heterocycles. The highest BCUT2D eigenvalue weighted by atomic mass is 79.9. The minimum atomic E-state index is -0.364. The highest BCUT2D eigenvalue weighted by molar-refractivity contribution is 9.10. The highest BCUT2D eigenvalue weighted by Crippen LogP contribution is 2.16. The van der Waals surface area contributed by atoms with E-state index in [2.05, 4.69) is 25.8 Å². The van der Waals surface area contributed by atoms with Crippen molar-refractivity contribution in [2.45, 2.75) is 19.4 Å². The third kappa shape index (κ3) is 3.45. The average molecular weight is 327 g/mol. The summed E-state index contributed by atoms with van der Waals surface area (Å²) in [5, 5.41) is 0. The molecule has 6 heteroatoms. The van der Waals surface area contributed by atoms with Crippen LogP contribution < -0.4 is 10.6 Å². The molecule has 1 amide bonds. The summed E-state index contributed by atoms with van der Waals surface area (Å²) in [5.74, 6) is 1.01. The first kappa shape index (κ1) is 14.3. The Morgan fingerprint density at radius 1 is 1.42 bits per heavy atom. The van der Waals surface area contributed by atoms with E-state index >= 15 is 0 Å². The molecular formula is C13H19BrN4O. The van der Waals surface area contributed by atoms with Gasteiger partial charge in [0.05, 0.1) is 6.04 Å². The molecule has 19 heavy (non-hydrogen) atoms. The predicted molar refractivity (Wildman–Crippen MR) is 79.0 cm³/mol. The molecule has 0 saturated carbocycles. The second-order valence-electron chi connectivity index (χ2n) is 4.66. The van der Waals surface area contributed by atoms with Crippen molar-refractivity contribution in [2.24, 2.45) is 5.73 Å². The number of anilines is 1. The fraction of sp³-hybridized carbons (Fsp3) is 0.538. The maximum Gasteiger partial charge on any atom is 0.239 e. The van der Waals surface area contributed by atoms with E-state index in [4.69, 9.17) is 5.73 Å². The smallest absolute Gasteiger partial charge is 0.239 e. The van der Waals surface area contributed by atoms with E-state index in [1.165, 1.54) is 0 Å². The van der Waals surface area contributed by atoms with Crippen LogP contribution in [-0.4, -0.2) is 48.0 Å². The van der Waals surface area contributed by atoms with Crippen molar-refractivity contribution in [3.8, 4) is 0 Å². The Morgan fingerprint density at radius 3 is 2.63 bits per heavy atom. The van der Waals surface area contributed by atoms with E-state index in [0.717, 1.165) is 23.4 Å². The van der Waals surface area contributed by atoms with Crippen LogP contribution in [0.5, 0.6) is 0 Å². The van der Waals surface area contributed by atoms with Crippen LogP contribution in [0.15, 0.2) is 22.8 Å². The van der Waals surface area contributed by atoms with Crippen molar-refractivity contribution in [3.63, 3.8) is 0 Å². The second kappa shape index (κ2) is 6.34. The number of nitrogens with zero attached hydrogens (tertiary/aromatic N) is 3. The summed E-state index contributed by atoms with van der Waals surface area (Å²) in [4.78, 5) is 20.4. The van der Waals surface area contributed by atoms with Crippen molar-refractivity contribution < 1.29 is 4.79 Å². The van der Waals surface area contributed by atoms with E-state index in [1.807, 2.05) is 24.0 Å². The zero-order valence-corrected chi connectivity index (χ0v) is 12.6. The summed E-state index contributed by atoms with van der Waals surface area (Å²) >= 11 is 3.37. The van der Waals surface area contributed by atoms with Gasteiger partial charge >= 0.3 is 0 Å². The van der Waals surface area contributed by atoms with Crippen LogP contribution >= 0.6 is 15.9 Å². The quantitative estimate of drug-likeness (QED) is 0.907. The maximum atomic E-state index is 12.0. The van der Waals surface area contributed by atoms with Crippen molar-refractivity contribution in [1.82, 2.24) is 9.88 Å². The summed E-state index contributed by atoms with van der Waals surface area (Å²) in [7, 11) is 0. The Bertz CT molecular complexity index is 429. The van der Waals surface area contributed by atoms with Gasteiger partial charge in [0.1, 0.15) is 5.82 Å². The van der Waals surface area contributed by atoms with Crippen LogP contribution in [0.1, 0.15) is 13.3 Å². The first-order valence-corrected chi connectivity index (χ1v) is 7.32. The van der Waals surface area contributed by atoms with Gasteiger partial charge in [0.2, 0.25) is 5.91 Å². The summed E-state index contributed by atoms with van der Waals surface area (Å²) in [6.07, 6.45) is 2.48. The first-order chi connectivity index (χ1) is 9.11. The lowest BCUT2D eigenvalue weighted by Crippen LogP contribution is -2.53. The molecular weight excluding hydrogens is 308 g/mol. The van der Waals surface area contributed by atoms with Crippen molar-refractivity contribution in [3.05, 3.63) is 22.8 Å². The number of rotatable bonds is 3. The molecule has 0 aromatic carbocycles. The molecule has 0 aliphatic carbocycles. The number of pyridine rings is 1. The zero-order chi connectivity index (χ0) is 13.8. The SMILES string of the molecule is CC[C@@H](N)C(=O)N1CCN(c2ccc(Br)cn2)CC1. The normalized spacial score (nSPS) is 17.4. The third-order valence-corrected chi connectivity index (χ3v) is 3.85. The van der Waals surface area contributed by atoms with Crippen molar-refractivity contribution in [2.75, 3.05) is 31.1 Å². The number of carbonyl (C=O) groups is 1. The first-order valence-electron chi connectivity index (χ1n) is 6.52. The van der Waals surface area contributed by atoms with E-state index in [-0.39, 0.29) is 11.9 Å². The summed E-state index contributed by atoms with van der Waals surface area (Å²) in [6.45, 7) is 4.97. The summed E-state index contributed by atoms with van der Waals surface area (Å²) in [6, 6.07) is 3.60. The molecule has 0 bridgehead atoms. The van der Waals surface area contributed by atoms with E-state index in [0.29, 0.717) is 19.5 Å². The topological polar surface area (TPSA) is 62.5 Å². The Kier molecular flexibility index (Phi) is 4.76. The number of halogens is 1. The van der Waals surface area contributed by atoms with Gasteiger partial charge in [-0.3, -0.25) is 4.79 Å². The molecule has 104 valence electrons. The second-order valence-corrected chi connectivity index (χ2v) is 5.58. The molecule has 1 atom stereocenters. The number of piperazine rings is 1. The standard InChI is InChI=1S/C13H19BrN4O/c1-2-11(15)13(19)18-7-5-17(6-8-18)12-4-3-10(14)9-16-12/h3-4,9,11H,2,5-8,15H2,1H3/t11-/m1/s1. The Morgan fingerprint density at radius 2 is 2.11 bits per heavy atom. The molecule has 2 heterocycles. The number of aromatic nitrogens is 1. The monoisotopic (exact) mass is 326 g/mol. The Balaban J connectivity index is 1.92. The molecule has 2 N–H and O–H groups in total. The minimum absolute atomic E-state index is 0.0610. The number of amides is 1. The molecule has 5 nitrogen and oxygen atoms in total. The molecule has 1 aromatic heterocycles. The fourth-order valence-corrected chi connectivity index (χ4v) is 2.35. The molecule has 0 radical (unpaired) electrons. The number of carbonyl (C=O) groups excluding carboxylic acids is 1.